The first kappa shape index (κ1) is 8.89. The number of rotatable bonds is 1. The first-order chi connectivity index (χ1) is 6.86. The van der Waals surface area contributed by atoms with Crippen molar-refractivity contribution in [1.82, 2.24) is 0 Å². The molecule has 72 valence electrons. The number of hydrogen-bond donors (Lipinski definition) is 0. The van der Waals surface area contributed by atoms with E-state index in [1.165, 1.54) is 0 Å². The van der Waals surface area contributed by atoms with Crippen LogP contribution >= 0.6 is 0 Å². The molecular formula is C11H11NO2. The molecule has 0 spiro atoms. The smallest absolute Gasteiger partial charge is 0.179 e. The summed E-state index contributed by atoms with van der Waals surface area (Å²) < 4.78 is 11.0. The van der Waals surface area contributed by atoms with E-state index in [0.29, 0.717) is 24.5 Å². The third-order valence-corrected chi connectivity index (χ3v) is 2.27. The lowest BCUT2D eigenvalue weighted by atomic mass is 10.1. The van der Waals surface area contributed by atoms with Gasteiger partial charge in [-0.1, -0.05) is 13.0 Å². The van der Waals surface area contributed by atoms with Crippen LogP contribution in [0, 0.1) is 11.3 Å². The molecule has 0 radical (unpaired) electrons. The molecule has 2 rings (SSSR count). The summed E-state index contributed by atoms with van der Waals surface area (Å²) in [6.45, 7) is 3.14. The molecule has 0 atom stereocenters. The Hall–Kier alpha value is -1.69. The summed E-state index contributed by atoms with van der Waals surface area (Å²) >= 11 is 0. The van der Waals surface area contributed by atoms with Crippen molar-refractivity contribution in [3.05, 3.63) is 23.3 Å². The van der Waals surface area contributed by atoms with Gasteiger partial charge in [0.05, 0.1) is 5.56 Å². The molecule has 3 nitrogen and oxygen atoms in total. The van der Waals surface area contributed by atoms with Gasteiger partial charge in [-0.05, 0) is 18.1 Å². The molecule has 0 unspecified atom stereocenters. The lowest BCUT2D eigenvalue weighted by Crippen LogP contribution is -2.17. The Kier molecular flexibility index (Phi) is 2.28. The highest BCUT2D eigenvalue weighted by Crippen LogP contribution is 2.37. The van der Waals surface area contributed by atoms with E-state index in [4.69, 9.17) is 14.7 Å². The quantitative estimate of drug-likeness (QED) is 0.677. The number of aryl methyl sites for hydroxylation is 1. The maximum atomic E-state index is 8.87. The summed E-state index contributed by atoms with van der Waals surface area (Å²) in [7, 11) is 0. The Morgan fingerprint density at radius 1 is 1.29 bits per heavy atom. The van der Waals surface area contributed by atoms with Gasteiger partial charge in [0.25, 0.3) is 0 Å². The second-order valence-electron chi connectivity index (χ2n) is 3.09. The molecule has 0 N–H and O–H groups in total. The highest BCUT2D eigenvalue weighted by Gasteiger charge is 2.18. The van der Waals surface area contributed by atoms with E-state index < -0.39 is 0 Å². The van der Waals surface area contributed by atoms with Crippen molar-refractivity contribution in [2.45, 2.75) is 13.3 Å². The van der Waals surface area contributed by atoms with Crippen LogP contribution < -0.4 is 9.47 Å². The first-order valence-corrected chi connectivity index (χ1v) is 4.68. The van der Waals surface area contributed by atoms with Gasteiger partial charge in [-0.3, -0.25) is 0 Å². The topological polar surface area (TPSA) is 42.2 Å². The van der Waals surface area contributed by atoms with Crippen molar-refractivity contribution in [2.75, 3.05) is 13.2 Å². The zero-order valence-corrected chi connectivity index (χ0v) is 8.04. The van der Waals surface area contributed by atoms with Gasteiger partial charge in [-0.25, -0.2) is 0 Å². The van der Waals surface area contributed by atoms with Crippen LogP contribution in [0.1, 0.15) is 18.1 Å². The minimum Gasteiger partial charge on any atom is -0.486 e. The van der Waals surface area contributed by atoms with E-state index in [9.17, 15) is 0 Å². The predicted octanol–water partition coefficient (Wildman–Crippen LogP) is 1.89. The Morgan fingerprint density at radius 3 is 2.64 bits per heavy atom. The molecule has 0 aromatic heterocycles. The van der Waals surface area contributed by atoms with Crippen LogP contribution in [0.3, 0.4) is 0 Å². The van der Waals surface area contributed by atoms with Crippen LogP contribution in [0.15, 0.2) is 12.1 Å². The molecule has 14 heavy (non-hydrogen) atoms. The number of nitriles is 1. The monoisotopic (exact) mass is 189 g/mol. The normalized spacial score (nSPS) is 13.4. The summed E-state index contributed by atoms with van der Waals surface area (Å²) in [6.07, 6.45) is 0.886. The number of benzene rings is 1. The van der Waals surface area contributed by atoms with E-state index in [-0.39, 0.29) is 0 Å². The minimum absolute atomic E-state index is 0.523. The van der Waals surface area contributed by atoms with E-state index in [2.05, 4.69) is 13.0 Å². The van der Waals surface area contributed by atoms with Gasteiger partial charge in [0, 0.05) is 0 Å². The van der Waals surface area contributed by atoms with Gasteiger partial charge in [0.15, 0.2) is 11.5 Å². The third kappa shape index (κ3) is 1.29. The Morgan fingerprint density at radius 2 is 2.00 bits per heavy atom. The van der Waals surface area contributed by atoms with Crippen molar-refractivity contribution in [2.24, 2.45) is 0 Å². The molecule has 1 aromatic rings. The summed E-state index contributed by atoms with van der Waals surface area (Å²) in [4.78, 5) is 0. The average Bonchev–Trinajstić information content (AvgIpc) is 2.27. The molecule has 0 amide bonds. The van der Waals surface area contributed by atoms with Crippen LogP contribution in [0.25, 0.3) is 0 Å². The fraction of sp³-hybridized carbons (Fsp3) is 0.364. The Bertz CT molecular complexity index is 393. The number of nitrogens with zero attached hydrogens (tertiary/aromatic N) is 1. The third-order valence-electron chi connectivity index (χ3n) is 2.27. The van der Waals surface area contributed by atoms with Crippen molar-refractivity contribution >= 4 is 0 Å². The van der Waals surface area contributed by atoms with Gasteiger partial charge >= 0.3 is 0 Å². The van der Waals surface area contributed by atoms with Crippen molar-refractivity contribution < 1.29 is 9.47 Å². The molecule has 1 aliphatic rings. The van der Waals surface area contributed by atoms with Crippen LogP contribution in [-0.4, -0.2) is 13.2 Å². The van der Waals surface area contributed by atoms with Gasteiger partial charge in [-0.2, -0.15) is 5.26 Å². The summed E-state index contributed by atoms with van der Waals surface area (Å²) in [5.41, 5.74) is 1.65. The maximum absolute atomic E-state index is 8.87. The maximum Gasteiger partial charge on any atom is 0.179 e. The van der Waals surface area contributed by atoms with Crippen LogP contribution in [0.4, 0.5) is 0 Å². The molecule has 1 aromatic carbocycles. The van der Waals surface area contributed by atoms with Gasteiger partial charge in [0.1, 0.15) is 19.3 Å². The molecule has 0 fully saturated rings. The summed E-state index contributed by atoms with van der Waals surface area (Å²) in [5, 5.41) is 8.87. The second-order valence-corrected chi connectivity index (χ2v) is 3.09. The molecule has 1 aliphatic heterocycles. The van der Waals surface area contributed by atoms with Crippen molar-refractivity contribution in [1.29, 1.82) is 5.26 Å². The average molecular weight is 189 g/mol. The van der Waals surface area contributed by atoms with E-state index in [0.717, 1.165) is 17.7 Å². The first-order valence-electron chi connectivity index (χ1n) is 4.68. The highest BCUT2D eigenvalue weighted by molar-refractivity contribution is 5.57. The van der Waals surface area contributed by atoms with E-state index in [1.807, 2.05) is 6.07 Å². The molecule has 0 bridgehead atoms. The molecule has 0 saturated carbocycles. The summed E-state index contributed by atoms with van der Waals surface area (Å²) in [5.74, 6) is 1.36. The highest BCUT2D eigenvalue weighted by atomic mass is 16.6. The van der Waals surface area contributed by atoms with Gasteiger partial charge < -0.3 is 9.47 Å². The van der Waals surface area contributed by atoms with Crippen molar-refractivity contribution in [3.8, 4) is 17.6 Å². The number of ether oxygens (including phenoxy) is 2. The zero-order chi connectivity index (χ0) is 9.97. The lowest BCUT2D eigenvalue weighted by Gasteiger charge is -2.21. The lowest BCUT2D eigenvalue weighted by molar-refractivity contribution is 0.169. The SMILES string of the molecule is CCc1ccc(C#N)c2c1OCCO2. The fourth-order valence-electron chi connectivity index (χ4n) is 1.56. The molecular weight excluding hydrogens is 178 g/mol. The predicted molar refractivity (Wildman–Crippen MR) is 51.5 cm³/mol. The second kappa shape index (κ2) is 3.59. The molecule has 3 heteroatoms. The van der Waals surface area contributed by atoms with Gasteiger partial charge in [0.2, 0.25) is 0 Å². The van der Waals surface area contributed by atoms with Crippen molar-refractivity contribution in [3.63, 3.8) is 0 Å². The zero-order valence-electron chi connectivity index (χ0n) is 8.04. The Balaban J connectivity index is 2.57. The van der Waals surface area contributed by atoms with Crippen LogP contribution in [0.5, 0.6) is 11.5 Å². The molecule has 0 saturated heterocycles. The fourth-order valence-corrected chi connectivity index (χ4v) is 1.56. The van der Waals surface area contributed by atoms with E-state index in [1.54, 1.807) is 6.07 Å². The van der Waals surface area contributed by atoms with Crippen LogP contribution in [0.2, 0.25) is 0 Å². The largest absolute Gasteiger partial charge is 0.486 e. The molecule has 0 aliphatic carbocycles. The molecule has 1 heterocycles. The van der Waals surface area contributed by atoms with Crippen LogP contribution in [-0.2, 0) is 6.42 Å². The standard InChI is InChI=1S/C11H11NO2/c1-2-8-3-4-9(7-12)11-10(8)13-5-6-14-11/h3-4H,2,5-6H2,1H3. The minimum atomic E-state index is 0.523. The van der Waals surface area contributed by atoms with Gasteiger partial charge in [-0.15, -0.1) is 0 Å². The van der Waals surface area contributed by atoms with E-state index >= 15 is 0 Å². The number of hydrogen-bond acceptors (Lipinski definition) is 3. The number of fused-ring (bicyclic) bond motifs is 1. The Labute approximate surface area is 82.9 Å². The summed E-state index contributed by atoms with van der Waals surface area (Å²) in [6, 6.07) is 5.81.